The minimum atomic E-state index is -1.37. The molecule has 4 atom stereocenters. The Bertz CT molecular complexity index is 1040. The van der Waals surface area contributed by atoms with E-state index >= 15 is 0 Å². The Hall–Kier alpha value is -3.15. The summed E-state index contributed by atoms with van der Waals surface area (Å²) in [5.74, 6) is -0.0287. The van der Waals surface area contributed by atoms with E-state index in [0.717, 1.165) is 11.3 Å². The standard InChI is InChI=1S/C18H21N7O4/c1-9-3-4-20-10(5-9)6-21-15-11-16(23-7-22-15)25(8-24-11)18-13(27)12(26)14(29-18)17(28)19-2/h3-5,7-8,12-14,18,26-27H,6H2,1-2H3,(H,19,28)(H,21,22,23)/t12?,13-,14-,18+/m0/s1. The molecule has 0 spiro atoms. The molecule has 0 aliphatic carbocycles. The summed E-state index contributed by atoms with van der Waals surface area (Å²) in [5.41, 5.74) is 2.81. The lowest BCUT2D eigenvalue weighted by Crippen LogP contribution is -2.41. The van der Waals surface area contributed by atoms with Crippen molar-refractivity contribution in [2.24, 2.45) is 0 Å². The summed E-state index contributed by atoms with van der Waals surface area (Å²) in [6.07, 6.45) is -0.364. The van der Waals surface area contributed by atoms with E-state index in [-0.39, 0.29) is 0 Å². The number of rotatable bonds is 5. The van der Waals surface area contributed by atoms with Crippen LogP contribution in [0, 0.1) is 6.92 Å². The van der Waals surface area contributed by atoms with E-state index in [1.54, 1.807) is 6.20 Å². The Balaban J connectivity index is 1.60. The first-order valence-corrected chi connectivity index (χ1v) is 9.05. The lowest BCUT2D eigenvalue weighted by Gasteiger charge is -2.16. The molecule has 1 aliphatic heterocycles. The van der Waals surface area contributed by atoms with E-state index in [1.807, 2.05) is 19.1 Å². The van der Waals surface area contributed by atoms with Crippen LogP contribution in [0.5, 0.6) is 0 Å². The van der Waals surface area contributed by atoms with Crippen molar-refractivity contribution in [2.45, 2.75) is 38.0 Å². The number of pyridine rings is 1. The average molecular weight is 399 g/mol. The van der Waals surface area contributed by atoms with Crippen LogP contribution < -0.4 is 10.6 Å². The van der Waals surface area contributed by atoms with Crippen molar-refractivity contribution in [3.05, 3.63) is 42.2 Å². The van der Waals surface area contributed by atoms with Gasteiger partial charge in [0.2, 0.25) is 0 Å². The van der Waals surface area contributed by atoms with E-state index in [1.165, 1.54) is 24.3 Å². The number of aliphatic hydroxyl groups is 2. The fraction of sp³-hybridized carbons (Fsp3) is 0.389. The van der Waals surface area contributed by atoms with Gasteiger partial charge in [-0.15, -0.1) is 0 Å². The second kappa shape index (κ2) is 7.70. The number of likely N-dealkylation sites (N-methyl/N-ethyl adjacent to an activating group) is 1. The van der Waals surface area contributed by atoms with Crippen molar-refractivity contribution in [2.75, 3.05) is 12.4 Å². The predicted octanol–water partition coefficient (Wildman–Crippen LogP) is -0.493. The minimum absolute atomic E-state index is 0.397. The zero-order chi connectivity index (χ0) is 20.5. The first-order valence-electron chi connectivity index (χ1n) is 9.05. The van der Waals surface area contributed by atoms with Gasteiger partial charge in [-0.3, -0.25) is 14.3 Å². The maximum Gasteiger partial charge on any atom is 0.251 e. The summed E-state index contributed by atoms with van der Waals surface area (Å²) in [5, 5.41) is 26.1. The molecule has 4 heterocycles. The summed E-state index contributed by atoms with van der Waals surface area (Å²) < 4.78 is 7.07. The Morgan fingerprint density at radius 1 is 1.24 bits per heavy atom. The fourth-order valence-corrected chi connectivity index (χ4v) is 3.29. The SMILES string of the molecule is CNC(=O)[C@H]1O[C@@H](n2cnc3c(NCc4cc(C)ccn4)ncnc32)[C@@H](O)C1O. The number of aromatic nitrogens is 5. The lowest BCUT2D eigenvalue weighted by atomic mass is 10.1. The molecule has 1 amide bonds. The van der Waals surface area contributed by atoms with Crippen LogP contribution in [0.4, 0.5) is 5.82 Å². The van der Waals surface area contributed by atoms with Gasteiger partial charge < -0.3 is 25.6 Å². The Kier molecular flexibility index (Phi) is 5.09. The maximum atomic E-state index is 11.9. The van der Waals surface area contributed by atoms with Crippen molar-refractivity contribution in [1.82, 2.24) is 29.8 Å². The number of imidazole rings is 1. The zero-order valence-electron chi connectivity index (χ0n) is 15.9. The highest BCUT2D eigenvalue weighted by molar-refractivity contribution is 5.83. The van der Waals surface area contributed by atoms with Crippen LogP contribution in [-0.2, 0) is 16.1 Å². The number of aliphatic hydroxyl groups excluding tert-OH is 2. The van der Waals surface area contributed by atoms with Gasteiger partial charge in [-0.05, 0) is 24.6 Å². The summed E-state index contributed by atoms with van der Waals surface area (Å²) in [6, 6.07) is 3.88. The van der Waals surface area contributed by atoms with Crippen molar-refractivity contribution in [3.63, 3.8) is 0 Å². The molecule has 1 fully saturated rings. The number of anilines is 1. The number of amides is 1. The van der Waals surface area contributed by atoms with Crippen LogP contribution in [0.15, 0.2) is 31.0 Å². The van der Waals surface area contributed by atoms with Gasteiger partial charge in [0.25, 0.3) is 5.91 Å². The van der Waals surface area contributed by atoms with E-state index in [9.17, 15) is 15.0 Å². The summed E-state index contributed by atoms with van der Waals surface area (Å²) in [4.78, 5) is 29.0. The van der Waals surface area contributed by atoms with Crippen LogP contribution >= 0.6 is 0 Å². The van der Waals surface area contributed by atoms with Gasteiger partial charge in [0.05, 0.1) is 18.6 Å². The molecule has 0 bridgehead atoms. The predicted molar refractivity (Wildman–Crippen MR) is 102 cm³/mol. The van der Waals surface area contributed by atoms with Gasteiger partial charge in [-0.1, -0.05) is 0 Å². The molecule has 1 aliphatic rings. The highest BCUT2D eigenvalue weighted by Gasteiger charge is 2.47. The molecule has 0 aromatic carbocycles. The van der Waals surface area contributed by atoms with E-state index in [0.29, 0.717) is 23.5 Å². The maximum absolute atomic E-state index is 11.9. The molecule has 3 aromatic rings. The normalized spacial score (nSPS) is 24.0. The third-order valence-corrected chi connectivity index (χ3v) is 4.79. The molecule has 11 heteroatoms. The van der Waals surface area contributed by atoms with Crippen molar-refractivity contribution in [3.8, 4) is 0 Å². The van der Waals surface area contributed by atoms with Gasteiger partial charge in [-0.25, -0.2) is 15.0 Å². The van der Waals surface area contributed by atoms with Crippen molar-refractivity contribution in [1.29, 1.82) is 0 Å². The molecule has 0 saturated carbocycles. The van der Waals surface area contributed by atoms with Gasteiger partial charge in [-0.2, -0.15) is 0 Å². The molecule has 1 saturated heterocycles. The Morgan fingerprint density at radius 2 is 2.07 bits per heavy atom. The van der Waals surface area contributed by atoms with E-state index in [2.05, 4.69) is 30.6 Å². The lowest BCUT2D eigenvalue weighted by molar-refractivity contribution is -0.137. The average Bonchev–Trinajstić information content (AvgIpc) is 3.28. The van der Waals surface area contributed by atoms with Gasteiger partial charge >= 0.3 is 0 Å². The van der Waals surface area contributed by atoms with Gasteiger partial charge in [0.1, 0.15) is 18.5 Å². The molecular formula is C18H21N7O4. The van der Waals surface area contributed by atoms with Gasteiger partial charge in [0, 0.05) is 13.2 Å². The topological polar surface area (TPSA) is 147 Å². The van der Waals surface area contributed by atoms with Crippen molar-refractivity contribution < 1.29 is 19.7 Å². The monoisotopic (exact) mass is 399 g/mol. The number of fused-ring (bicyclic) bond motifs is 1. The molecular weight excluding hydrogens is 378 g/mol. The van der Waals surface area contributed by atoms with Crippen LogP contribution in [0.25, 0.3) is 11.2 Å². The number of aryl methyl sites for hydroxylation is 1. The summed E-state index contributed by atoms with van der Waals surface area (Å²) >= 11 is 0. The van der Waals surface area contributed by atoms with Crippen LogP contribution in [-0.4, -0.2) is 66.0 Å². The third kappa shape index (κ3) is 3.50. The molecule has 1 unspecified atom stereocenters. The molecule has 3 aromatic heterocycles. The number of hydrogen-bond donors (Lipinski definition) is 4. The number of carbonyl (C=O) groups is 1. The largest absolute Gasteiger partial charge is 0.387 e. The van der Waals surface area contributed by atoms with Crippen LogP contribution in [0.1, 0.15) is 17.5 Å². The number of nitrogens with zero attached hydrogens (tertiary/aromatic N) is 5. The molecule has 4 rings (SSSR count). The number of carbonyl (C=O) groups excluding carboxylic acids is 1. The van der Waals surface area contributed by atoms with Crippen LogP contribution in [0.3, 0.4) is 0 Å². The summed E-state index contributed by atoms with van der Waals surface area (Å²) in [7, 11) is 1.43. The Labute approximate surface area is 165 Å². The quantitative estimate of drug-likeness (QED) is 0.446. The van der Waals surface area contributed by atoms with E-state index in [4.69, 9.17) is 4.74 Å². The molecule has 29 heavy (non-hydrogen) atoms. The second-order valence-electron chi connectivity index (χ2n) is 6.77. The van der Waals surface area contributed by atoms with Crippen LogP contribution in [0.2, 0.25) is 0 Å². The van der Waals surface area contributed by atoms with Gasteiger partial charge in [0.15, 0.2) is 29.3 Å². The fourth-order valence-electron chi connectivity index (χ4n) is 3.29. The highest BCUT2D eigenvalue weighted by atomic mass is 16.6. The first-order chi connectivity index (χ1) is 14.0. The number of nitrogens with one attached hydrogen (secondary N) is 2. The summed E-state index contributed by atoms with van der Waals surface area (Å²) in [6.45, 7) is 2.43. The third-order valence-electron chi connectivity index (χ3n) is 4.79. The molecule has 4 N–H and O–H groups in total. The smallest absolute Gasteiger partial charge is 0.251 e. The highest BCUT2D eigenvalue weighted by Crippen LogP contribution is 2.32. The van der Waals surface area contributed by atoms with Crippen molar-refractivity contribution >= 4 is 22.9 Å². The molecule has 11 nitrogen and oxygen atoms in total. The first kappa shape index (κ1) is 19.2. The van der Waals surface area contributed by atoms with E-state index < -0.39 is 30.4 Å². The Morgan fingerprint density at radius 3 is 2.83 bits per heavy atom. The second-order valence-corrected chi connectivity index (χ2v) is 6.77. The molecule has 152 valence electrons. The minimum Gasteiger partial charge on any atom is -0.387 e. The number of hydrogen-bond acceptors (Lipinski definition) is 9. The molecule has 0 radical (unpaired) electrons. The zero-order valence-corrected chi connectivity index (χ0v) is 15.9. The number of ether oxygens (including phenoxy) is 1.